The molecule has 0 fully saturated rings. The van der Waals surface area contributed by atoms with E-state index < -0.39 is 0 Å². The summed E-state index contributed by atoms with van der Waals surface area (Å²) in [5.41, 5.74) is 0. The molecule has 3 heteroatoms. The van der Waals surface area contributed by atoms with Crippen LogP contribution in [0.25, 0.3) is 0 Å². The summed E-state index contributed by atoms with van der Waals surface area (Å²) in [6.07, 6.45) is 2.16. The van der Waals surface area contributed by atoms with Gasteiger partial charge in [0.1, 0.15) is 0 Å². The monoisotopic (exact) mass is 178 g/mol. The molecule has 1 unspecified atom stereocenters. The van der Waals surface area contributed by atoms with E-state index in [9.17, 15) is 0 Å². The summed E-state index contributed by atoms with van der Waals surface area (Å²) < 4.78 is 0.792. The van der Waals surface area contributed by atoms with Crippen LogP contribution in [0.5, 0.6) is 0 Å². The number of allylic oxidation sites excluding steroid dienone is 1. The summed E-state index contributed by atoms with van der Waals surface area (Å²) in [5.74, 6) is 1.27. The normalized spacial score (nSPS) is 26.4. The quantitative estimate of drug-likeness (QED) is 0.638. The van der Waals surface area contributed by atoms with Crippen molar-refractivity contribution in [2.75, 3.05) is 12.0 Å². The van der Waals surface area contributed by atoms with Gasteiger partial charge in [-0.1, -0.05) is 0 Å². The van der Waals surface area contributed by atoms with E-state index in [1.807, 2.05) is 35.3 Å². The topological polar surface area (TPSA) is 0 Å². The summed E-state index contributed by atoms with van der Waals surface area (Å²) in [5, 5.41) is 2.26. The molecule has 0 radical (unpaired) electrons. The van der Waals surface area contributed by atoms with Crippen LogP contribution in [0.2, 0.25) is 0 Å². The molecule has 1 heterocycles. The Morgan fingerprint density at radius 2 is 2.56 bits per heavy atom. The molecule has 0 saturated heterocycles. The predicted octanol–water partition coefficient (Wildman–Crippen LogP) is 3.02. The third-order valence-electron chi connectivity index (χ3n) is 1.01. The molecule has 1 rings (SSSR count). The second-order valence-corrected chi connectivity index (χ2v) is 5.60. The van der Waals surface area contributed by atoms with Gasteiger partial charge in [-0.05, 0) is 23.5 Å². The largest absolute Gasteiger partial charge is 0.163 e. The van der Waals surface area contributed by atoms with E-state index in [0.717, 1.165) is 4.58 Å². The van der Waals surface area contributed by atoms with Gasteiger partial charge in [0, 0.05) is 5.75 Å². The van der Waals surface area contributed by atoms with Crippen LogP contribution < -0.4 is 0 Å². The van der Waals surface area contributed by atoms with Crippen molar-refractivity contribution in [2.45, 2.75) is 11.5 Å². The molecule has 0 aromatic heterocycles. The standard InChI is InChI=1S/C6H10S3/c1-5-3-8-6(9-5)4-7-2/h3,6H,4H2,1-2H3. The van der Waals surface area contributed by atoms with Gasteiger partial charge in [0.15, 0.2) is 0 Å². The first kappa shape index (κ1) is 7.89. The number of thioether (sulfide) groups is 3. The van der Waals surface area contributed by atoms with Crippen molar-refractivity contribution in [3.63, 3.8) is 0 Å². The molecule has 0 aromatic carbocycles. The fourth-order valence-electron chi connectivity index (χ4n) is 0.644. The molecule has 0 aliphatic carbocycles. The summed E-state index contributed by atoms with van der Waals surface area (Å²) in [4.78, 5) is 1.47. The fourth-order valence-corrected chi connectivity index (χ4v) is 4.31. The van der Waals surface area contributed by atoms with E-state index in [0.29, 0.717) is 0 Å². The third kappa shape index (κ3) is 2.48. The highest BCUT2D eigenvalue weighted by atomic mass is 32.2. The Balaban J connectivity index is 2.21. The molecule has 0 spiro atoms. The Hall–Kier alpha value is 0.790. The van der Waals surface area contributed by atoms with Crippen LogP contribution in [0, 0.1) is 0 Å². The van der Waals surface area contributed by atoms with E-state index >= 15 is 0 Å². The smallest absolute Gasteiger partial charge is 0.0678 e. The van der Waals surface area contributed by atoms with Crippen LogP contribution in [0.1, 0.15) is 6.92 Å². The lowest BCUT2D eigenvalue weighted by Gasteiger charge is -2.03. The molecule has 1 aliphatic rings. The average Bonchev–Trinajstić information content (AvgIpc) is 2.17. The molecule has 0 N–H and O–H groups in total. The van der Waals surface area contributed by atoms with Crippen molar-refractivity contribution >= 4 is 35.3 Å². The summed E-state index contributed by atoms with van der Waals surface area (Å²) in [6, 6.07) is 0. The van der Waals surface area contributed by atoms with Gasteiger partial charge in [-0.2, -0.15) is 11.8 Å². The maximum Gasteiger partial charge on any atom is 0.0678 e. The Bertz CT molecular complexity index is 119. The minimum Gasteiger partial charge on any atom is -0.163 e. The SMILES string of the molecule is CSCC1SC=C(C)S1. The first-order valence-electron chi connectivity index (χ1n) is 2.81. The first-order valence-corrected chi connectivity index (χ1v) is 6.02. The molecule has 0 bridgehead atoms. The van der Waals surface area contributed by atoms with Crippen molar-refractivity contribution in [3.05, 3.63) is 10.3 Å². The van der Waals surface area contributed by atoms with E-state index in [1.54, 1.807) is 0 Å². The van der Waals surface area contributed by atoms with E-state index in [2.05, 4.69) is 18.6 Å². The van der Waals surface area contributed by atoms with Gasteiger partial charge in [0.05, 0.1) is 4.58 Å². The van der Waals surface area contributed by atoms with Crippen LogP contribution in [0.15, 0.2) is 10.3 Å². The first-order chi connectivity index (χ1) is 4.33. The highest BCUT2D eigenvalue weighted by Crippen LogP contribution is 2.40. The summed E-state index contributed by atoms with van der Waals surface area (Å²) >= 11 is 5.87. The number of hydrogen-bond acceptors (Lipinski definition) is 3. The van der Waals surface area contributed by atoms with E-state index in [4.69, 9.17) is 0 Å². The lowest BCUT2D eigenvalue weighted by atomic mass is 10.8. The molecule has 1 atom stereocenters. The second kappa shape index (κ2) is 3.84. The van der Waals surface area contributed by atoms with Gasteiger partial charge in [-0.3, -0.25) is 0 Å². The Labute approximate surface area is 69.2 Å². The van der Waals surface area contributed by atoms with Crippen molar-refractivity contribution in [1.82, 2.24) is 0 Å². The van der Waals surface area contributed by atoms with Crippen molar-refractivity contribution in [3.8, 4) is 0 Å². The minimum atomic E-state index is 0.792. The minimum absolute atomic E-state index is 0.792. The van der Waals surface area contributed by atoms with Gasteiger partial charge in [-0.25, -0.2) is 0 Å². The molecule has 9 heavy (non-hydrogen) atoms. The summed E-state index contributed by atoms with van der Waals surface area (Å²) in [7, 11) is 0. The van der Waals surface area contributed by atoms with Crippen molar-refractivity contribution in [1.29, 1.82) is 0 Å². The van der Waals surface area contributed by atoms with E-state index in [-0.39, 0.29) is 0 Å². The zero-order valence-corrected chi connectivity index (χ0v) is 8.04. The third-order valence-corrected chi connectivity index (χ3v) is 4.74. The van der Waals surface area contributed by atoms with Gasteiger partial charge in [-0.15, -0.1) is 23.5 Å². The molecule has 0 nitrogen and oxygen atoms in total. The van der Waals surface area contributed by atoms with Gasteiger partial charge in [0.2, 0.25) is 0 Å². The highest BCUT2D eigenvalue weighted by Gasteiger charge is 2.14. The van der Waals surface area contributed by atoms with Crippen LogP contribution in [-0.2, 0) is 0 Å². The van der Waals surface area contributed by atoms with Gasteiger partial charge < -0.3 is 0 Å². The van der Waals surface area contributed by atoms with Crippen LogP contribution >= 0.6 is 35.3 Å². The van der Waals surface area contributed by atoms with Crippen LogP contribution in [-0.4, -0.2) is 16.6 Å². The van der Waals surface area contributed by atoms with Crippen LogP contribution in [0.3, 0.4) is 0 Å². The molecule has 0 saturated carbocycles. The summed E-state index contributed by atoms with van der Waals surface area (Å²) in [6.45, 7) is 2.18. The lowest BCUT2D eigenvalue weighted by molar-refractivity contribution is 1.47. The molecule has 52 valence electrons. The lowest BCUT2D eigenvalue weighted by Crippen LogP contribution is -1.93. The van der Waals surface area contributed by atoms with Crippen LogP contribution in [0.4, 0.5) is 0 Å². The second-order valence-electron chi connectivity index (χ2n) is 1.87. The maximum absolute atomic E-state index is 2.26. The van der Waals surface area contributed by atoms with Crippen molar-refractivity contribution < 1.29 is 0 Å². The fraction of sp³-hybridized carbons (Fsp3) is 0.667. The molecular weight excluding hydrogens is 168 g/mol. The molecule has 0 amide bonds. The zero-order valence-electron chi connectivity index (χ0n) is 5.59. The Morgan fingerprint density at radius 1 is 1.78 bits per heavy atom. The zero-order chi connectivity index (χ0) is 6.69. The van der Waals surface area contributed by atoms with E-state index in [1.165, 1.54) is 10.7 Å². The maximum atomic E-state index is 2.26. The van der Waals surface area contributed by atoms with Crippen molar-refractivity contribution in [2.24, 2.45) is 0 Å². The Kier molecular flexibility index (Phi) is 3.37. The Morgan fingerprint density at radius 3 is 3.00 bits per heavy atom. The highest BCUT2D eigenvalue weighted by molar-refractivity contribution is 8.23. The molecular formula is C6H10S3. The molecule has 0 aromatic rings. The number of rotatable bonds is 2. The molecule has 1 aliphatic heterocycles. The van der Waals surface area contributed by atoms with Gasteiger partial charge >= 0.3 is 0 Å². The number of hydrogen-bond donors (Lipinski definition) is 0. The van der Waals surface area contributed by atoms with Gasteiger partial charge in [0.25, 0.3) is 0 Å². The average molecular weight is 178 g/mol. The predicted molar refractivity (Wildman–Crippen MR) is 51.1 cm³/mol.